The molecule has 13 nitrogen and oxygen atoms in total. The van der Waals surface area contributed by atoms with Gasteiger partial charge in [-0.15, -0.1) is 0 Å². The van der Waals surface area contributed by atoms with Crippen molar-refractivity contribution in [2.24, 2.45) is 11.8 Å². The fraction of sp³-hybridized carbons (Fsp3) is 0.383. The fourth-order valence-electron chi connectivity index (χ4n) is 9.45. The Balaban J connectivity index is 0.969. The first-order valence-corrected chi connectivity index (χ1v) is 20.9. The Morgan fingerprint density at radius 1 is 0.950 bits per heavy atom. The molecule has 60 heavy (non-hydrogen) atoms. The molecule has 4 aromatic carbocycles. The van der Waals surface area contributed by atoms with E-state index in [9.17, 15) is 14.4 Å². The number of H-pyrrole nitrogens is 2. The van der Waals surface area contributed by atoms with Crippen LogP contribution in [0.2, 0.25) is 0 Å². The van der Waals surface area contributed by atoms with Crippen molar-refractivity contribution >= 4 is 39.7 Å². The fourth-order valence-corrected chi connectivity index (χ4v) is 9.45. The van der Waals surface area contributed by atoms with Gasteiger partial charge in [0.2, 0.25) is 11.8 Å². The number of fused-ring (bicyclic) bond motifs is 6. The second-order valence-electron chi connectivity index (χ2n) is 16.8. The van der Waals surface area contributed by atoms with E-state index in [0.717, 1.165) is 92.0 Å². The first-order chi connectivity index (χ1) is 29.1. The van der Waals surface area contributed by atoms with E-state index in [1.54, 1.807) is 7.11 Å². The Kier molecular flexibility index (Phi) is 10.5. The quantitative estimate of drug-likeness (QED) is 0.126. The van der Waals surface area contributed by atoms with Crippen LogP contribution in [0.4, 0.5) is 4.79 Å². The van der Waals surface area contributed by atoms with Crippen molar-refractivity contribution in [1.29, 1.82) is 0 Å². The summed E-state index contributed by atoms with van der Waals surface area (Å²) in [6, 6.07) is 23.5. The monoisotopic (exact) mass is 809 g/mol. The molecule has 0 spiro atoms. The minimum absolute atomic E-state index is 0.0168. The van der Waals surface area contributed by atoms with Gasteiger partial charge in [0.25, 0.3) is 0 Å². The van der Waals surface area contributed by atoms with Crippen LogP contribution in [0.15, 0.2) is 79.0 Å². The third kappa shape index (κ3) is 7.25. The van der Waals surface area contributed by atoms with Crippen LogP contribution in [-0.2, 0) is 32.1 Å². The molecule has 5 atom stereocenters. The van der Waals surface area contributed by atoms with Gasteiger partial charge in [-0.3, -0.25) is 9.59 Å². The molecule has 13 heteroatoms. The van der Waals surface area contributed by atoms with E-state index >= 15 is 0 Å². The van der Waals surface area contributed by atoms with Crippen molar-refractivity contribution in [2.45, 2.75) is 77.2 Å². The first-order valence-electron chi connectivity index (χ1n) is 20.9. The Hall–Kier alpha value is -6.21. The summed E-state index contributed by atoms with van der Waals surface area (Å²) < 4.78 is 16.8. The highest BCUT2D eigenvalue weighted by molar-refractivity contribution is 6.07. The van der Waals surface area contributed by atoms with E-state index in [1.165, 1.54) is 7.11 Å². The Morgan fingerprint density at radius 3 is 2.57 bits per heavy atom. The highest BCUT2D eigenvalue weighted by atomic mass is 16.5. The number of imidazole rings is 2. The molecule has 9 rings (SSSR count). The number of hydrogen-bond donors (Lipinski definition) is 3. The van der Waals surface area contributed by atoms with Crippen LogP contribution in [-0.4, -0.2) is 87.1 Å². The molecule has 5 heterocycles. The summed E-state index contributed by atoms with van der Waals surface area (Å²) >= 11 is 0. The summed E-state index contributed by atoms with van der Waals surface area (Å²) in [4.78, 5) is 60.6. The van der Waals surface area contributed by atoms with Crippen LogP contribution in [0.25, 0.3) is 44.2 Å². The Bertz CT molecular complexity index is 2580. The van der Waals surface area contributed by atoms with Gasteiger partial charge in [0, 0.05) is 36.6 Å². The molecule has 3 aliphatic heterocycles. The average Bonchev–Trinajstić information content (AvgIpc) is 4.08. The predicted molar refractivity (Wildman–Crippen MR) is 228 cm³/mol. The number of aromatic amines is 2. The van der Waals surface area contributed by atoms with Crippen LogP contribution in [0.1, 0.15) is 74.9 Å². The molecule has 0 saturated carbocycles. The number of alkyl carbamates (subject to hydrolysis) is 1. The maximum absolute atomic E-state index is 14.0. The molecule has 0 bridgehead atoms. The summed E-state index contributed by atoms with van der Waals surface area (Å²) in [7, 11) is 3.01. The molecular formula is C47H51N7O6. The second kappa shape index (κ2) is 16.1. The van der Waals surface area contributed by atoms with Crippen molar-refractivity contribution in [2.75, 3.05) is 27.4 Å². The van der Waals surface area contributed by atoms with Gasteiger partial charge in [0.05, 0.1) is 55.1 Å². The standard InChI is InChI=1S/C47H51N7O6/c1-26(2)42(52-47(57)59-5)46(56)54-27(3)11-16-38(54)45-49-36-15-13-30-20-35-33-14-12-31(19-32(33)25-60-40(35)21-34(30)43(36)51-45)37-22-48-44(50-37)39-17-29(24-58-4)23-53(39)41(55)18-28-9-7-6-8-10-28/h6-10,12-15,19-22,26-27,29,38-39,42H,11,16-18,23-25H2,1-5H3,(H,48,50)(H,49,51)(H,52,57)/t27-,29?,38-,39?,42?/m0/s1. The lowest BCUT2D eigenvalue weighted by molar-refractivity contribution is -0.137. The third-order valence-electron chi connectivity index (χ3n) is 12.5. The molecule has 0 radical (unpaired) electrons. The number of rotatable bonds is 10. The molecule has 3 amide bonds. The van der Waals surface area contributed by atoms with Crippen molar-refractivity contribution < 1.29 is 28.6 Å². The van der Waals surface area contributed by atoms with Crippen LogP contribution in [0, 0.1) is 11.8 Å². The number of carbonyl (C=O) groups is 3. The zero-order valence-electron chi connectivity index (χ0n) is 34.7. The van der Waals surface area contributed by atoms with Crippen LogP contribution in [0.5, 0.6) is 5.75 Å². The van der Waals surface area contributed by atoms with Crippen molar-refractivity contribution in [3.63, 3.8) is 0 Å². The number of methoxy groups -OCH3 is 2. The lowest BCUT2D eigenvalue weighted by atomic mass is 9.92. The molecule has 3 N–H and O–H groups in total. The first kappa shape index (κ1) is 39.3. The number of hydrogen-bond acceptors (Lipinski definition) is 8. The Labute approximate surface area is 348 Å². The molecule has 6 aromatic rings. The molecule has 2 saturated heterocycles. The van der Waals surface area contributed by atoms with Gasteiger partial charge >= 0.3 is 6.09 Å². The van der Waals surface area contributed by atoms with Crippen molar-refractivity contribution in [1.82, 2.24) is 35.1 Å². The van der Waals surface area contributed by atoms with E-state index in [2.05, 4.69) is 51.7 Å². The van der Waals surface area contributed by atoms with Gasteiger partial charge in [-0.2, -0.15) is 0 Å². The number of aromatic nitrogens is 4. The van der Waals surface area contributed by atoms with E-state index in [1.807, 2.05) is 73.2 Å². The smallest absolute Gasteiger partial charge is 0.407 e. The van der Waals surface area contributed by atoms with Gasteiger partial charge in [-0.1, -0.05) is 62.4 Å². The summed E-state index contributed by atoms with van der Waals surface area (Å²) in [6.45, 7) is 7.50. The number of nitrogens with one attached hydrogen (secondary N) is 3. The molecular weight excluding hydrogens is 759 g/mol. The maximum Gasteiger partial charge on any atom is 0.407 e. The predicted octanol–water partition coefficient (Wildman–Crippen LogP) is 7.88. The lowest BCUT2D eigenvalue weighted by Gasteiger charge is -2.32. The second-order valence-corrected chi connectivity index (χ2v) is 16.8. The number of amides is 3. The van der Waals surface area contributed by atoms with Gasteiger partial charge in [-0.05, 0) is 84.0 Å². The van der Waals surface area contributed by atoms with Gasteiger partial charge in [0.15, 0.2) is 0 Å². The largest absolute Gasteiger partial charge is 0.488 e. The molecule has 2 aromatic heterocycles. The Morgan fingerprint density at radius 2 is 1.78 bits per heavy atom. The lowest BCUT2D eigenvalue weighted by Crippen LogP contribution is -2.52. The van der Waals surface area contributed by atoms with Gasteiger partial charge < -0.3 is 39.3 Å². The van der Waals surface area contributed by atoms with Crippen LogP contribution in [0.3, 0.4) is 0 Å². The highest BCUT2D eigenvalue weighted by Gasteiger charge is 2.42. The molecule has 310 valence electrons. The zero-order valence-corrected chi connectivity index (χ0v) is 34.7. The number of ether oxygens (including phenoxy) is 3. The minimum atomic E-state index is -0.718. The zero-order chi connectivity index (χ0) is 41.7. The van der Waals surface area contributed by atoms with E-state index in [0.29, 0.717) is 26.2 Å². The van der Waals surface area contributed by atoms with Crippen molar-refractivity contribution in [3.05, 3.63) is 102 Å². The van der Waals surface area contributed by atoms with Gasteiger partial charge in [0.1, 0.15) is 30.0 Å². The summed E-state index contributed by atoms with van der Waals surface area (Å²) in [5.41, 5.74) is 7.77. The van der Waals surface area contributed by atoms with E-state index < -0.39 is 12.1 Å². The molecule has 2 fully saturated rings. The van der Waals surface area contributed by atoms with Gasteiger partial charge in [-0.25, -0.2) is 14.8 Å². The topological polar surface area (TPSA) is 155 Å². The van der Waals surface area contributed by atoms with Crippen molar-refractivity contribution in [3.8, 4) is 28.1 Å². The molecule has 3 unspecified atom stereocenters. The van der Waals surface area contributed by atoms with Crippen LogP contribution < -0.4 is 10.1 Å². The molecule has 3 aliphatic rings. The van der Waals surface area contributed by atoms with E-state index in [-0.39, 0.29) is 41.8 Å². The summed E-state index contributed by atoms with van der Waals surface area (Å²) in [5, 5.41) is 4.74. The van der Waals surface area contributed by atoms with Crippen LogP contribution >= 0.6 is 0 Å². The SMILES string of the molecule is COCC1CC(c2ncc(-c3ccc4c(c3)COc3cc5c(ccc6[nH]c([C@@H]7CC[C@H](C)N7C(=O)C(NC(=O)OC)C(C)C)nc65)cc3-4)[nH]2)N(C(=O)Cc2ccccc2)C1. The summed E-state index contributed by atoms with van der Waals surface area (Å²) in [5.74, 6) is 2.34. The third-order valence-corrected chi connectivity index (χ3v) is 12.5. The minimum Gasteiger partial charge on any atom is -0.488 e. The highest BCUT2D eigenvalue weighted by Crippen LogP contribution is 2.44. The molecule has 0 aliphatic carbocycles. The van der Waals surface area contributed by atoms with E-state index in [4.69, 9.17) is 24.2 Å². The maximum atomic E-state index is 14.0. The number of benzene rings is 4. The summed E-state index contributed by atoms with van der Waals surface area (Å²) in [6.07, 6.45) is 3.94. The average molecular weight is 810 g/mol. The number of nitrogens with zero attached hydrogens (tertiary/aromatic N) is 4. The number of likely N-dealkylation sites (tertiary alicyclic amines) is 2. The number of carbonyl (C=O) groups excluding carboxylic acids is 3. The normalized spacial score (nSPS) is 20.3.